The molecule has 0 spiro atoms. The molecule has 16 heavy (non-hydrogen) atoms. The molecule has 0 amide bonds. The minimum absolute atomic E-state index is 0.759. The van der Waals surface area contributed by atoms with Crippen LogP contribution in [-0.4, -0.2) is 31.3 Å². The van der Waals surface area contributed by atoms with Gasteiger partial charge in [0.2, 0.25) is 0 Å². The zero-order chi connectivity index (χ0) is 11.1. The van der Waals surface area contributed by atoms with E-state index in [0.29, 0.717) is 0 Å². The summed E-state index contributed by atoms with van der Waals surface area (Å²) in [6, 6.07) is 4.07. The van der Waals surface area contributed by atoms with Gasteiger partial charge in [0, 0.05) is 19.0 Å². The zero-order valence-electron chi connectivity index (χ0n) is 9.69. The molecule has 0 unspecified atom stereocenters. The van der Waals surface area contributed by atoms with Gasteiger partial charge < -0.3 is 10.1 Å². The zero-order valence-corrected chi connectivity index (χ0v) is 9.69. The fraction of sp³-hybridized carbons (Fsp3) is 0.615. The number of aromatic nitrogens is 1. The summed E-state index contributed by atoms with van der Waals surface area (Å²) in [5, 5.41) is 3.37. The van der Waals surface area contributed by atoms with Crippen LogP contribution in [0.1, 0.15) is 18.4 Å². The van der Waals surface area contributed by atoms with Gasteiger partial charge in [-0.3, -0.25) is 4.98 Å². The molecule has 0 saturated carbocycles. The van der Waals surface area contributed by atoms with Gasteiger partial charge in [0.25, 0.3) is 0 Å². The van der Waals surface area contributed by atoms with Gasteiger partial charge in [0.05, 0.1) is 6.61 Å². The van der Waals surface area contributed by atoms with Crippen molar-refractivity contribution in [2.24, 2.45) is 5.92 Å². The van der Waals surface area contributed by atoms with Gasteiger partial charge in [0.1, 0.15) is 0 Å². The second-order valence-corrected chi connectivity index (χ2v) is 4.38. The molecule has 0 radical (unpaired) electrons. The second kappa shape index (κ2) is 6.61. The van der Waals surface area contributed by atoms with Gasteiger partial charge in [-0.2, -0.15) is 0 Å². The van der Waals surface area contributed by atoms with Crippen LogP contribution >= 0.6 is 0 Å². The minimum atomic E-state index is 0.759. The molecule has 1 aliphatic heterocycles. The maximum atomic E-state index is 5.72. The summed E-state index contributed by atoms with van der Waals surface area (Å²) >= 11 is 0. The Morgan fingerprint density at radius 3 is 3.00 bits per heavy atom. The van der Waals surface area contributed by atoms with E-state index in [1.54, 1.807) is 6.20 Å². The number of hydrogen-bond donors (Lipinski definition) is 1. The Labute approximate surface area is 97.2 Å². The second-order valence-electron chi connectivity index (χ2n) is 4.38. The van der Waals surface area contributed by atoms with E-state index in [9.17, 15) is 0 Å². The highest BCUT2D eigenvalue weighted by Crippen LogP contribution is 2.11. The highest BCUT2D eigenvalue weighted by molar-refractivity contribution is 5.08. The molecule has 3 heteroatoms. The number of nitrogens with one attached hydrogen (secondary N) is 1. The molecule has 0 aliphatic carbocycles. The third-order valence-electron chi connectivity index (χ3n) is 3.07. The van der Waals surface area contributed by atoms with Gasteiger partial charge in [-0.15, -0.1) is 0 Å². The lowest BCUT2D eigenvalue weighted by molar-refractivity contribution is 0.0900. The molecular formula is C13H20N2O. The van der Waals surface area contributed by atoms with Crippen molar-refractivity contribution < 1.29 is 4.74 Å². The van der Waals surface area contributed by atoms with Crippen molar-refractivity contribution in [2.75, 3.05) is 26.3 Å². The number of hydrogen-bond acceptors (Lipinski definition) is 3. The average molecular weight is 220 g/mol. The first kappa shape index (κ1) is 11.6. The van der Waals surface area contributed by atoms with Crippen LogP contribution in [-0.2, 0) is 11.2 Å². The van der Waals surface area contributed by atoms with E-state index in [1.807, 2.05) is 12.3 Å². The quantitative estimate of drug-likeness (QED) is 0.766. The summed E-state index contributed by atoms with van der Waals surface area (Å²) in [7, 11) is 0. The third kappa shape index (κ3) is 3.91. The normalized spacial score (nSPS) is 17.5. The fourth-order valence-corrected chi connectivity index (χ4v) is 2.03. The molecule has 1 fully saturated rings. The van der Waals surface area contributed by atoms with Gasteiger partial charge in [-0.05, 0) is 49.9 Å². The first-order chi connectivity index (χ1) is 7.95. The first-order valence-corrected chi connectivity index (χ1v) is 6.12. The molecule has 0 aromatic carbocycles. The van der Waals surface area contributed by atoms with Crippen LogP contribution < -0.4 is 5.32 Å². The third-order valence-corrected chi connectivity index (χ3v) is 3.07. The highest BCUT2D eigenvalue weighted by Gasteiger charge is 2.12. The predicted octanol–water partition coefficient (Wildman–Crippen LogP) is 1.64. The molecule has 0 atom stereocenters. The largest absolute Gasteiger partial charge is 0.381 e. The highest BCUT2D eigenvalue weighted by atomic mass is 16.5. The molecule has 1 aromatic heterocycles. The van der Waals surface area contributed by atoms with Gasteiger partial charge in [0.15, 0.2) is 0 Å². The smallest absolute Gasteiger partial charge is 0.0507 e. The maximum Gasteiger partial charge on any atom is 0.0507 e. The van der Waals surface area contributed by atoms with Crippen LogP contribution in [0.4, 0.5) is 0 Å². The Morgan fingerprint density at radius 1 is 1.38 bits per heavy atom. The molecular weight excluding hydrogens is 200 g/mol. The van der Waals surface area contributed by atoms with Crippen molar-refractivity contribution in [3.63, 3.8) is 0 Å². The summed E-state index contributed by atoms with van der Waals surface area (Å²) in [6.07, 6.45) is 7.20. The summed E-state index contributed by atoms with van der Waals surface area (Å²) in [5.41, 5.74) is 1.26. The van der Waals surface area contributed by atoms with Crippen molar-refractivity contribution in [1.29, 1.82) is 0 Å². The molecule has 0 bridgehead atoms. The van der Waals surface area contributed by atoms with Gasteiger partial charge >= 0.3 is 0 Å². The van der Waals surface area contributed by atoms with Crippen LogP contribution in [0, 0.1) is 5.92 Å². The Kier molecular flexibility index (Phi) is 4.77. The Morgan fingerprint density at radius 2 is 2.25 bits per heavy atom. The van der Waals surface area contributed by atoms with E-state index in [2.05, 4.69) is 16.4 Å². The number of rotatable bonds is 5. The van der Waals surface area contributed by atoms with Crippen LogP contribution in [0.3, 0.4) is 0 Å². The lowest BCUT2D eigenvalue weighted by atomic mass is 9.99. The lowest BCUT2D eigenvalue weighted by Crippen LogP contribution is -2.30. The minimum Gasteiger partial charge on any atom is -0.381 e. The standard InChI is InChI=1S/C13H20N2O/c1-2-12(10-15-6-1)5-9-16-11-13-3-7-14-8-4-13/h1-2,6,10,13-14H,3-5,7-9,11H2. The summed E-state index contributed by atoms with van der Waals surface area (Å²) in [6.45, 7) is 4.03. The molecule has 1 N–H and O–H groups in total. The maximum absolute atomic E-state index is 5.72. The van der Waals surface area contributed by atoms with Gasteiger partial charge in [-0.1, -0.05) is 6.07 Å². The van der Waals surface area contributed by atoms with Gasteiger partial charge in [-0.25, -0.2) is 0 Å². The van der Waals surface area contributed by atoms with Crippen molar-refractivity contribution in [3.8, 4) is 0 Å². The molecule has 2 heterocycles. The van der Waals surface area contributed by atoms with E-state index in [4.69, 9.17) is 4.74 Å². The Bertz CT molecular complexity index is 283. The Hall–Kier alpha value is -0.930. The van der Waals surface area contributed by atoms with Crippen molar-refractivity contribution in [2.45, 2.75) is 19.3 Å². The molecule has 1 saturated heterocycles. The fourth-order valence-electron chi connectivity index (χ4n) is 2.03. The van der Waals surface area contributed by atoms with Crippen LogP contribution in [0.25, 0.3) is 0 Å². The summed E-state index contributed by atoms with van der Waals surface area (Å²) < 4.78 is 5.72. The van der Waals surface area contributed by atoms with E-state index in [1.165, 1.54) is 18.4 Å². The van der Waals surface area contributed by atoms with Crippen LogP contribution in [0.2, 0.25) is 0 Å². The van der Waals surface area contributed by atoms with E-state index in [0.717, 1.165) is 38.6 Å². The summed E-state index contributed by atoms with van der Waals surface area (Å²) in [5.74, 6) is 0.759. The van der Waals surface area contributed by atoms with Crippen molar-refractivity contribution in [3.05, 3.63) is 30.1 Å². The van der Waals surface area contributed by atoms with Crippen LogP contribution in [0.5, 0.6) is 0 Å². The topological polar surface area (TPSA) is 34.1 Å². The lowest BCUT2D eigenvalue weighted by Gasteiger charge is -2.22. The number of ether oxygens (including phenoxy) is 1. The predicted molar refractivity (Wildman–Crippen MR) is 64.4 cm³/mol. The average Bonchev–Trinajstić information content (AvgIpc) is 2.37. The monoisotopic (exact) mass is 220 g/mol. The molecule has 2 rings (SSSR count). The number of piperidine rings is 1. The summed E-state index contributed by atoms with van der Waals surface area (Å²) in [4.78, 5) is 4.09. The van der Waals surface area contributed by atoms with E-state index in [-0.39, 0.29) is 0 Å². The Balaban J connectivity index is 1.58. The molecule has 3 nitrogen and oxygen atoms in total. The molecule has 1 aromatic rings. The molecule has 88 valence electrons. The van der Waals surface area contributed by atoms with Crippen LogP contribution in [0.15, 0.2) is 24.5 Å². The van der Waals surface area contributed by atoms with Crippen molar-refractivity contribution >= 4 is 0 Å². The number of nitrogens with zero attached hydrogens (tertiary/aromatic N) is 1. The van der Waals surface area contributed by atoms with Crippen molar-refractivity contribution in [1.82, 2.24) is 10.3 Å². The first-order valence-electron chi connectivity index (χ1n) is 6.12. The van der Waals surface area contributed by atoms with E-state index >= 15 is 0 Å². The number of pyridine rings is 1. The molecule has 1 aliphatic rings. The SMILES string of the molecule is c1cncc(CCOCC2CCNCC2)c1. The van der Waals surface area contributed by atoms with E-state index < -0.39 is 0 Å².